The normalized spacial score (nSPS) is 14.4. The Labute approximate surface area is 146 Å². The van der Waals surface area contributed by atoms with Gasteiger partial charge in [-0.15, -0.1) is 11.6 Å². The quantitative estimate of drug-likeness (QED) is 0.443. The Morgan fingerprint density at radius 1 is 1.08 bits per heavy atom. The fraction of sp³-hybridized carbons (Fsp3) is 0.211. The van der Waals surface area contributed by atoms with Crippen molar-refractivity contribution in [3.63, 3.8) is 0 Å². The van der Waals surface area contributed by atoms with Crippen LogP contribution in [0, 0.1) is 0 Å². The highest BCUT2D eigenvalue weighted by Gasteiger charge is 2.23. The number of rotatable bonds is 7. The molecular formula is C19H19ClN2O2. The van der Waals surface area contributed by atoms with Gasteiger partial charge in [-0.25, -0.2) is 0 Å². The number of fused-ring (bicyclic) bond motifs is 1. The summed E-state index contributed by atoms with van der Waals surface area (Å²) in [5.41, 5.74) is 3.28. The molecule has 0 bridgehead atoms. The minimum atomic E-state index is -0.0945. The number of alkyl halides is 1. The highest BCUT2D eigenvalue weighted by molar-refractivity contribution is 6.31. The molecule has 1 aliphatic rings. The van der Waals surface area contributed by atoms with Gasteiger partial charge in [0.2, 0.25) is 0 Å². The molecule has 3 rings (SSSR count). The lowest BCUT2D eigenvalue weighted by molar-refractivity contribution is -0.110. The summed E-state index contributed by atoms with van der Waals surface area (Å²) >= 11 is 5.64. The van der Waals surface area contributed by atoms with E-state index in [9.17, 15) is 4.79 Å². The lowest BCUT2D eigenvalue weighted by Crippen LogP contribution is -2.05. The van der Waals surface area contributed by atoms with E-state index in [4.69, 9.17) is 16.3 Å². The fourth-order valence-electron chi connectivity index (χ4n) is 2.47. The van der Waals surface area contributed by atoms with Crippen LogP contribution >= 0.6 is 11.6 Å². The molecule has 4 nitrogen and oxygen atoms in total. The number of carbonyl (C=O) groups is 1. The zero-order valence-corrected chi connectivity index (χ0v) is 14.0. The van der Waals surface area contributed by atoms with Gasteiger partial charge in [0.05, 0.1) is 12.2 Å². The van der Waals surface area contributed by atoms with Crippen molar-refractivity contribution in [3.8, 4) is 5.75 Å². The van der Waals surface area contributed by atoms with E-state index in [0.29, 0.717) is 18.1 Å². The second-order valence-electron chi connectivity index (χ2n) is 5.47. The third-order valence-corrected chi connectivity index (χ3v) is 4.01. The van der Waals surface area contributed by atoms with Gasteiger partial charge in [-0.2, -0.15) is 0 Å². The number of halogens is 1. The molecule has 2 aromatic carbocycles. The molecule has 5 heteroatoms. The van der Waals surface area contributed by atoms with Gasteiger partial charge in [0, 0.05) is 29.0 Å². The summed E-state index contributed by atoms with van der Waals surface area (Å²) in [6.07, 6.45) is 3.64. The average molecular weight is 343 g/mol. The molecule has 0 atom stereocenters. The molecule has 0 aliphatic carbocycles. The summed E-state index contributed by atoms with van der Waals surface area (Å²) in [7, 11) is 0. The van der Waals surface area contributed by atoms with Gasteiger partial charge in [-0.3, -0.25) is 4.79 Å². The van der Waals surface area contributed by atoms with Crippen molar-refractivity contribution in [2.45, 2.75) is 12.8 Å². The van der Waals surface area contributed by atoms with Crippen molar-refractivity contribution >= 4 is 34.5 Å². The van der Waals surface area contributed by atoms with Crippen LogP contribution in [-0.4, -0.2) is 18.4 Å². The van der Waals surface area contributed by atoms with Gasteiger partial charge in [0.15, 0.2) is 0 Å². The molecule has 1 heterocycles. The second-order valence-corrected chi connectivity index (χ2v) is 5.85. The maximum absolute atomic E-state index is 12.0. The second kappa shape index (κ2) is 7.88. The molecule has 2 N–H and O–H groups in total. The van der Waals surface area contributed by atoms with Crippen LogP contribution in [0.1, 0.15) is 18.4 Å². The van der Waals surface area contributed by atoms with E-state index >= 15 is 0 Å². The van der Waals surface area contributed by atoms with E-state index in [-0.39, 0.29) is 5.91 Å². The van der Waals surface area contributed by atoms with Crippen molar-refractivity contribution in [1.82, 2.24) is 0 Å². The molecule has 1 amide bonds. The smallest absolute Gasteiger partial charge is 0.257 e. The van der Waals surface area contributed by atoms with E-state index < -0.39 is 0 Å². The van der Waals surface area contributed by atoms with E-state index in [1.165, 1.54) is 0 Å². The molecule has 24 heavy (non-hydrogen) atoms. The van der Waals surface area contributed by atoms with Gasteiger partial charge in [0.1, 0.15) is 5.75 Å². The minimum Gasteiger partial charge on any atom is -0.494 e. The Kier molecular flexibility index (Phi) is 5.39. The predicted octanol–water partition coefficient (Wildman–Crippen LogP) is 4.49. The number of hydrogen-bond donors (Lipinski definition) is 2. The Hall–Kier alpha value is -2.46. The fourth-order valence-corrected chi connectivity index (χ4v) is 2.66. The summed E-state index contributed by atoms with van der Waals surface area (Å²) in [5.74, 6) is 1.40. The number of anilines is 2. The van der Waals surface area contributed by atoms with Crippen LogP contribution in [0.4, 0.5) is 11.4 Å². The number of para-hydroxylation sites is 1. The van der Waals surface area contributed by atoms with Crippen molar-refractivity contribution in [2.24, 2.45) is 0 Å². The molecular weight excluding hydrogens is 324 g/mol. The monoisotopic (exact) mass is 342 g/mol. The molecule has 0 aromatic heterocycles. The number of ether oxygens (including phenoxy) is 1. The largest absolute Gasteiger partial charge is 0.494 e. The summed E-state index contributed by atoms with van der Waals surface area (Å²) in [5, 5.41) is 6.02. The first kappa shape index (κ1) is 16.4. The summed E-state index contributed by atoms with van der Waals surface area (Å²) in [4.78, 5) is 12.0. The number of benzene rings is 2. The van der Waals surface area contributed by atoms with E-state index in [2.05, 4.69) is 10.6 Å². The molecule has 0 radical (unpaired) electrons. The Morgan fingerprint density at radius 3 is 2.67 bits per heavy atom. The average Bonchev–Trinajstić information content (AvgIpc) is 2.93. The lowest BCUT2D eigenvalue weighted by Gasteiger charge is -2.07. The van der Waals surface area contributed by atoms with Crippen molar-refractivity contribution in [1.29, 1.82) is 0 Å². The van der Waals surface area contributed by atoms with Crippen LogP contribution < -0.4 is 15.4 Å². The van der Waals surface area contributed by atoms with Crippen LogP contribution in [0.3, 0.4) is 0 Å². The van der Waals surface area contributed by atoms with Crippen LogP contribution in [0.2, 0.25) is 0 Å². The standard InChI is InChI=1S/C19H19ClN2O2/c20-11-3-4-12-24-15-9-7-14(8-10-15)21-13-17-16-5-1-2-6-18(16)22-19(17)23/h1-2,5-10,13,21H,3-4,11-12H2,(H,22,23). The maximum Gasteiger partial charge on any atom is 0.257 e. The molecule has 1 aliphatic heterocycles. The van der Waals surface area contributed by atoms with Gasteiger partial charge in [-0.1, -0.05) is 18.2 Å². The number of amides is 1. The molecule has 124 valence electrons. The van der Waals surface area contributed by atoms with E-state index in [1.807, 2.05) is 48.5 Å². The number of carbonyl (C=O) groups excluding carboxylic acids is 1. The molecule has 0 fully saturated rings. The van der Waals surface area contributed by atoms with Crippen LogP contribution in [0.25, 0.3) is 5.57 Å². The molecule has 0 spiro atoms. The van der Waals surface area contributed by atoms with E-state index in [0.717, 1.165) is 35.5 Å². The highest BCUT2D eigenvalue weighted by atomic mass is 35.5. The summed E-state index contributed by atoms with van der Waals surface area (Å²) in [6, 6.07) is 15.3. The summed E-state index contributed by atoms with van der Waals surface area (Å²) in [6.45, 7) is 0.667. The maximum atomic E-state index is 12.0. The first-order valence-corrected chi connectivity index (χ1v) is 8.47. The zero-order valence-electron chi connectivity index (χ0n) is 13.2. The predicted molar refractivity (Wildman–Crippen MR) is 98.6 cm³/mol. The minimum absolute atomic E-state index is 0.0945. The third-order valence-electron chi connectivity index (χ3n) is 3.74. The van der Waals surface area contributed by atoms with E-state index in [1.54, 1.807) is 6.20 Å². The van der Waals surface area contributed by atoms with Crippen molar-refractivity contribution in [3.05, 3.63) is 60.3 Å². The third kappa shape index (κ3) is 3.89. The zero-order chi connectivity index (χ0) is 16.8. The van der Waals surface area contributed by atoms with Gasteiger partial charge in [0.25, 0.3) is 5.91 Å². The Morgan fingerprint density at radius 2 is 1.88 bits per heavy atom. The first-order valence-electron chi connectivity index (χ1n) is 7.94. The van der Waals surface area contributed by atoms with Crippen molar-refractivity contribution in [2.75, 3.05) is 23.1 Å². The van der Waals surface area contributed by atoms with Crippen LogP contribution in [-0.2, 0) is 4.79 Å². The highest BCUT2D eigenvalue weighted by Crippen LogP contribution is 2.31. The first-order chi connectivity index (χ1) is 11.8. The van der Waals surface area contributed by atoms with Crippen LogP contribution in [0.5, 0.6) is 5.75 Å². The van der Waals surface area contributed by atoms with Crippen LogP contribution in [0.15, 0.2) is 54.7 Å². The summed E-state index contributed by atoms with van der Waals surface area (Å²) < 4.78 is 5.64. The number of nitrogens with one attached hydrogen (secondary N) is 2. The van der Waals surface area contributed by atoms with Gasteiger partial charge in [-0.05, 0) is 43.2 Å². The SMILES string of the molecule is O=C1Nc2ccccc2C1=CNc1ccc(OCCCCCl)cc1. The number of unbranched alkanes of at least 4 members (excludes halogenated alkanes) is 1. The topological polar surface area (TPSA) is 50.4 Å². The molecule has 0 saturated carbocycles. The Balaban J connectivity index is 1.61. The lowest BCUT2D eigenvalue weighted by atomic mass is 10.1. The van der Waals surface area contributed by atoms with Crippen molar-refractivity contribution < 1.29 is 9.53 Å². The van der Waals surface area contributed by atoms with Gasteiger partial charge >= 0.3 is 0 Å². The Bertz CT molecular complexity index is 741. The molecule has 0 saturated heterocycles. The molecule has 0 unspecified atom stereocenters. The molecule has 2 aromatic rings. The van der Waals surface area contributed by atoms with Gasteiger partial charge < -0.3 is 15.4 Å². The number of hydrogen-bond acceptors (Lipinski definition) is 3.